The molecule has 0 saturated carbocycles. The van der Waals surface area contributed by atoms with Crippen LogP contribution in [-0.4, -0.2) is 29.4 Å². The number of aromatic nitrogens is 1. The van der Waals surface area contributed by atoms with Crippen LogP contribution in [0.15, 0.2) is 60.7 Å². The van der Waals surface area contributed by atoms with Gasteiger partial charge in [-0.1, -0.05) is 29.3 Å². The minimum atomic E-state index is -4.90. The van der Waals surface area contributed by atoms with E-state index in [1.807, 2.05) is 0 Å². The number of carbonyl (C=O) groups is 2. The average molecular weight is 593 g/mol. The zero-order valence-corrected chi connectivity index (χ0v) is 22.6. The first kappa shape index (κ1) is 28.0. The van der Waals surface area contributed by atoms with Crippen molar-refractivity contribution in [3.63, 3.8) is 0 Å². The van der Waals surface area contributed by atoms with Crippen molar-refractivity contribution in [3.8, 4) is 5.75 Å². The molecule has 1 aliphatic rings. The van der Waals surface area contributed by atoms with E-state index in [1.165, 1.54) is 12.1 Å². The maximum absolute atomic E-state index is 13.6. The largest absolute Gasteiger partial charge is 0.573 e. The highest BCUT2D eigenvalue weighted by Gasteiger charge is 2.40. The second-order valence-electron chi connectivity index (χ2n) is 9.29. The van der Waals surface area contributed by atoms with Crippen molar-refractivity contribution in [1.29, 1.82) is 0 Å². The molecule has 1 aromatic heterocycles. The van der Waals surface area contributed by atoms with Crippen LogP contribution in [0, 0.1) is 6.92 Å². The Labute approximate surface area is 236 Å². The van der Waals surface area contributed by atoms with Crippen LogP contribution in [0.2, 0.25) is 10.0 Å². The summed E-state index contributed by atoms with van der Waals surface area (Å²) in [5.74, 6) is -1.29. The number of alkyl halides is 3. The minimum absolute atomic E-state index is 0.0621. The standard InChI is InChI=1S/C28H21Cl2F3N2O5/c1-15-24(25(36)16-3-6-19(29)7-4-16)21-9-8-20(40-28(31,32)33)12-23(21)35(15)13-17-11-18(5-10-22(17)30)27(2)26(37)34-39-14-38-27/h3-12H,13-14H2,1-2H3,(H,34,37)/t27-/m1/s1. The summed E-state index contributed by atoms with van der Waals surface area (Å²) in [5, 5.41) is 1.22. The molecular formula is C28H21Cl2F3N2O5. The Bertz CT molecular complexity index is 1640. The van der Waals surface area contributed by atoms with Gasteiger partial charge in [0.05, 0.1) is 11.1 Å². The van der Waals surface area contributed by atoms with E-state index in [0.29, 0.717) is 48.9 Å². The third-order valence-corrected chi connectivity index (χ3v) is 7.41. The molecule has 5 rings (SSSR count). The van der Waals surface area contributed by atoms with Crippen LogP contribution in [0.1, 0.15) is 39.7 Å². The van der Waals surface area contributed by atoms with Crippen LogP contribution < -0.4 is 10.2 Å². The highest BCUT2D eigenvalue weighted by atomic mass is 35.5. The van der Waals surface area contributed by atoms with Gasteiger partial charge in [0.25, 0.3) is 5.91 Å². The molecule has 7 nitrogen and oxygen atoms in total. The molecule has 3 aromatic carbocycles. The molecule has 12 heteroatoms. The van der Waals surface area contributed by atoms with Crippen LogP contribution in [0.3, 0.4) is 0 Å². The summed E-state index contributed by atoms with van der Waals surface area (Å²) in [6, 6.07) is 15.0. The summed E-state index contributed by atoms with van der Waals surface area (Å²) in [4.78, 5) is 31.0. The number of nitrogens with zero attached hydrogens (tertiary/aromatic N) is 1. The van der Waals surface area contributed by atoms with E-state index in [0.717, 1.165) is 6.07 Å². The Morgan fingerprint density at radius 1 is 1.10 bits per heavy atom. The number of hydrogen-bond donors (Lipinski definition) is 1. The second-order valence-corrected chi connectivity index (χ2v) is 10.1. The van der Waals surface area contributed by atoms with Crippen LogP contribution >= 0.6 is 23.2 Å². The summed E-state index contributed by atoms with van der Waals surface area (Å²) in [6.07, 6.45) is -4.90. The van der Waals surface area contributed by atoms with Gasteiger partial charge < -0.3 is 14.0 Å². The maximum Gasteiger partial charge on any atom is 0.573 e. The van der Waals surface area contributed by atoms with Gasteiger partial charge in [-0.3, -0.25) is 9.59 Å². The third-order valence-electron chi connectivity index (χ3n) is 6.79. The third kappa shape index (κ3) is 5.27. The van der Waals surface area contributed by atoms with E-state index in [2.05, 4.69) is 10.2 Å². The SMILES string of the molecule is Cc1c(C(=O)c2ccc(Cl)cc2)c2ccc(OC(F)(F)F)cc2n1Cc1cc([C@@]2(C)OCONC2=O)ccc1Cl. The Balaban J connectivity index is 1.65. The molecule has 1 saturated heterocycles. The van der Waals surface area contributed by atoms with Gasteiger partial charge in [0.15, 0.2) is 18.2 Å². The molecular weight excluding hydrogens is 572 g/mol. The Morgan fingerprint density at radius 3 is 2.50 bits per heavy atom. The Morgan fingerprint density at radius 2 is 1.82 bits per heavy atom. The molecule has 0 bridgehead atoms. The monoisotopic (exact) mass is 592 g/mol. The predicted octanol–water partition coefficient (Wildman–Crippen LogP) is 6.69. The van der Waals surface area contributed by atoms with Gasteiger partial charge in [0.1, 0.15) is 5.75 Å². The lowest BCUT2D eigenvalue weighted by atomic mass is 9.93. The quantitative estimate of drug-likeness (QED) is 0.252. The average Bonchev–Trinajstić information content (AvgIpc) is 3.16. The molecule has 1 amide bonds. The molecule has 1 atom stereocenters. The van der Waals surface area contributed by atoms with E-state index in [1.54, 1.807) is 60.9 Å². The predicted molar refractivity (Wildman–Crippen MR) is 141 cm³/mol. The van der Waals surface area contributed by atoms with Gasteiger partial charge in [-0.25, -0.2) is 10.3 Å². The number of rotatable bonds is 6. The molecule has 208 valence electrons. The molecule has 4 aromatic rings. The van der Waals surface area contributed by atoms with Gasteiger partial charge in [-0.05, 0) is 73.5 Å². The maximum atomic E-state index is 13.6. The molecule has 1 N–H and O–H groups in total. The highest BCUT2D eigenvalue weighted by Crippen LogP contribution is 2.36. The van der Waals surface area contributed by atoms with Gasteiger partial charge >= 0.3 is 6.36 Å². The van der Waals surface area contributed by atoms with Crippen molar-refractivity contribution < 1.29 is 37.1 Å². The summed E-state index contributed by atoms with van der Waals surface area (Å²) in [5.41, 5.74) is 3.43. The number of hydrogen-bond acceptors (Lipinski definition) is 5. The van der Waals surface area contributed by atoms with Crippen LogP contribution in [0.4, 0.5) is 13.2 Å². The van der Waals surface area contributed by atoms with Gasteiger partial charge in [-0.2, -0.15) is 0 Å². The number of benzene rings is 3. The smallest absolute Gasteiger partial charge is 0.406 e. The summed E-state index contributed by atoms with van der Waals surface area (Å²) in [7, 11) is 0. The van der Waals surface area contributed by atoms with E-state index in [4.69, 9.17) is 32.8 Å². The molecule has 1 fully saturated rings. The van der Waals surface area contributed by atoms with Crippen molar-refractivity contribution >= 4 is 45.8 Å². The van der Waals surface area contributed by atoms with E-state index >= 15 is 0 Å². The number of nitrogens with one attached hydrogen (secondary N) is 1. The first-order valence-electron chi connectivity index (χ1n) is 11.9. The van der Waals surface area contributed by atoms with Gasteiger partial charge in [-0.15, -0.1) is 13.2 Å². The molecule has 0 radical (unpaired) electrons. The Kier molecular flexibility index (Phi) is 7.30. The fourth-order valence-corrected chi connectivity index (χ4v) is 4.98. The number of halogens is 5. The Hall–Kier alpha value is -3.57. The van der Waals surface area contributed by atoms with E-state index < -0.39 is 23.6 Å². The van der Waals surface area contributed by atoms with Crippen molar-refractivity contribution in [1.82, 2.24) is 10.0 Å². The minimum Gasteiger partial charge on any atom is -0.406 e. The number of ketones is 1. The highest BCUT2D eigenvalue weighted by molar-refractivity contribution is 6.31. The van der Waals surface area contributed by atoms with Crippen molar-refractivity contribution in [3.05, 3.63) is 98.7 Å². The van der Waals surface area contributed by atoms with E-state index in [9.17, 15) is 22.8 Å². The first-order chi connectivity index (χ1) is 18.9. The van der Waals surface area contributed by atoms with E-state index in [-0.39, 0.29) is 19.1 Å². The van der Waals surface area contributed by atoms with Gasteiger partial charge in [0, 0.05) is 39.3 Å². The van der Waals surface area contributed by atoms with Crippen LogP contribution in [-0.2, 0) is 26.5 Å². The fraction of sp³-hybridized carbons (Fsp3) is 0.214. The summed E-state index contributed by atoms with van der Waals surface area (Å²) in [6.45, 7) is 3.17. The van der Waals surface area contributed by atoms with Crippen molar-refractivity contribution in [2.75, 3.05) is 6.79 Å². The zero-order valence-electron chi connectivity index (χ0n) is 21.1. The molecule has 0 unspecified atom stereocenters. The van der Waals surface area contributed by atoms with Crippen molar-refractivity contribution in [2.24, 2.45) is 0 Å². The summed E-state index contributed by atoms with van der Waals surface area (Å²) >= 11 is 12.5. The lowest BCUT2D eigenvalue weighted by Crippen LogP contribution is -2.49. The number of hydroxylamine groups is 1. The lowest BCUT2D eigenvalue weighted by molar-refractivity contribution is -0.274. The second kappa shape index (κ2) is 10.4. The number of fused-ring (bicyclic) bond motifs is 1. The first-order valence-corrected chi connectivity index (χ1v) is 12.7. The molecule has 2 heterocycles. The normalized spacial score (nSPS) is 17.6. The zero-order chi connectivity index (χ0) is 28.8. The summed E-state index contributed by atoms with van der Waals surface area (Å²) < 4.78 is 50.5. The number of ether oxygens (including phenoxy) is 2. The topological polar surface area (TPSA) is 78.8 Å². The number of carbonyl (C=O) groups excluding carboxylic acids is 2. The van der Waals surface area contributed by atoms with Crippen molar-refractivity contribution in [2.45, 2.75) is 32.4 Å². The molecule has 1 aliphatic heterocycles. The molecule has 40 heavy (non-hydrogen) atoms. The van der Waals surface area contributed by atoms with Gasteiger partial charge in [0.2, 0.25) is 0 Å². The number of amides is 1. The molecule has 0 spiro atoms. The molecule has 0 aliphatic carbocycles. The fourth-order valence-electron chi connectivity index (χ4n) is 4.67. The van der Waals surface area contributed by atoms with Crippen LogP contribution in [0.5, 0.6) is 5.75 Å². The lowest BCUT2D eigenvalue weighted by Gasteiger charge is -2.32. The van der Waals surface area contributed by atoms with Crippen LogP contribution in [0.25, 0.3) is 10.9 Å².